The van der Waals surface area contributed by atoms with E-state index in [1.54, 1.807) is 0 Å². The molecule has 0 aliphatic rings. The van der Waals surface area contributed by atoms with Crippen LogP contribution in [0.1, 0.15) is 17.0 Å². The van der Waals surface area contributed by atoms with E-state index < -0.39 is 5.41 Å². The first-order valence-electron chi connectivity index (χ1n) is 6.47. The summed E-state index contributed by atoms with van der Waals surface area (Å²) in [6, 6.07) is 12.0. The molecule has 0 radical (unpaired) electrons. The maximum Gasteiger partial charge on any atom is 0.0596 e. The molecule has 1 atom stereocenters. The Bertz CT molecular complexity index is 530. The summed E-state index contributed by atoms with van der Waals surface area (Å²) in [5.74, 6) is 0. The largest absolute Gasteiger partial charge is 0.395 e. The van der Waals surface area contributed by atoms with Gasteiger partial charge in [0.2, 0.25) is 0 Å². The molecule has 2 aromatic rings. The summed E-state index contributed by atoms with van der Waals surface area (Å²) in [4.78, 5) is 0. The normalized spacial score (nSPS) is 14.3. The third kappa shape index (κ3) is 2.69. The van der Waals surface area contributed by atoms with Gasteiger partial charge in [-0.25, -0.2) is 0 Å². The maximum atomic E-state index is 9.88. The molecule has 1 aromatic heterocycles. The van der Waals surface area contributed by atoms with E-state index in [4.69, 9.17) is 5.73 Å². The van der Waals surface area contributed by atoms with Crippen molar-refractivity contribution in [3.63, 3.8) is 0 Å². The molecule has 4 nitrogen and oxygen atoms in total. The Kier molecular flexibility index (Phi) is 4.02. The van der Waals surface area contributed by atoms with Crippen molar-refractivity contribution in [3.05, 3.63) is 53.3 Å². The van der Waals surface area contributed by atoms with Crippen molar-refractivity contribution in [3.8, 4) is 0 Å². The summed E-state index contributed by atoms with van der Waals surface area (Å²) in [5, 5.41) is 14.2. The SMILES string of the molecule is Cc1cc(CC(CN)(CO)c2ccccc2)n(C)n1. The lowest BCUT2D eigenvalue weighted by molar-refractivity contribution is 0.194. The number of aryl methyl sites for hydroxylation is 2. The van der Waals surface area contributed by atoms with Gasteiger partial charge in [-0.1, -0.05) is 30.3 Å². The highest BCUT2D eigenvalue weighted by molar-refractivity contribution is 5.29. The third-order valence-corrected chi connectivity index (χ3v) is 3.70. The molecule has 0 spiro atoms. The van der Waals surface area contributed by atoms with Gasteiger partial charge in [-0.15, -0.1) is 0 Å². The highest BCUT2D eigenvalue weighted by atomic mass is 16.3. The zero-order valence-corrected chi connectivity index (χ0v) is 11.5. The number of nitrogens with two attached hydrogens (primary N) is 1. The Hall–Kier alpha value is -1.65. The number of aliphatic hydroxyl groups is 1. The lowest BCUT2D eigenvalue weighted by atomic mass is 9.77. The second-order valence-electron chi connectivity index (χ2n) is 5.09. The first-order chi connectivity index (χ1) is 9.11. The van der Waals surface area contributed by atoms with Crippen LogP contribution in [0.4, 0.5) is 0 Å². The second-order valence-corrected chi connectivity index (χ2v) is 5.09. The number of nitrogens with zero attached hydrogens (tertiary/aromatic N) is 2. The fraction of sp³-hybridized carbons (Fsp3) is 0.400. The van der Waals surface area contributed by atoms with Gasteiger partial charge >= 0.3 is 0 Å². The summed E-state index contributed by atoms with van der Waals surface area (Å²) >= 11 is 0. The summed E-state index contributed by atoms with van der Waals surface area (Å²) in [6.07, 6.45) is 0.682. The zero-order valence-electron chi connectivity index (χ0n) is 11.5. The van der Waals surface area contributed by atoms with Crippen LogP contribution in [0.2, 0.25) is 0 Å². The maximum absolute atomic E-state index is 9.88. The Balaban J connectivity index is 2.38. The van der Waals surface area contributed by atoms with Crippen LogP contribution in [-0.4, -0.2) is 28.0 Å². The molecule has 1 heterocycles. The quantitative estimate of drug-likeness (QED) is 0.847. The van der Waals surface area contributed by atoms with Gasteiger partial charge in [0.15, 0.2) is 0 Å². The van der Waals surface area contributed by atoms with Crippen molar-refractivity contribution in [1.29, 1.82) is 0 Å². The van der Waals surface area contributed by atoms with Crippen molar-refractivity contribution in [2.45, 2.75) is 18.8 Å². The van der Waals surface area contributed by atoms with Crippen LogP contribution in [-0.2, 0) is 18.9 Å². The molecule has 0 saturated carbocycles. The molecule has 19 heavy (non-hydrogen) atoms. The van der Waals surface area contributed by atoms with E-state index in [-0.39, 0.29) is 6.61 Å². The number of aliphatic hydroxyl groups excluding tert-OH is 1. The predicted molar refractivity (Wildman–Crippen MR) is 75.9 cm³/mol. The first kappa shape index (κ1) is 13.8. The molecule has 1 aromatic carbocycles. The minimum absolute atomic E-state index is 0.0255. The van der Waals surface area contributed by atoms with E-state index in [1.807, 2.05) is 55.1 Å². The lowest BCUT2D eigenvalue weighted by Crippen LogP contribution is -2.41. The lowest BCUT2D eigenvalue weighted by Gasteiger charge is -2.31. The van der Waals surface area contributed by atoms with Crippen molar-refractivity contribution >= 4 is 0 Å². The van der Waals surface area contributed by atoms with Gasteiger partial charge in [0.1, 0.15) is 0 Å². The van der Waals surface area contributed by atoms with Crippen LogP contribution >= 0.6 is 0 Å². The standard InChI is InChI=1S/C15H21N3O/c1-12-8-14(18(2)17-12)9-15(10-16,11-19)13-6-4-3-5-7-13/h3-8,19H,9-11,16H2,1-2H3. The Morgan fingerprint density at radius 3 is 2.47 bits per heavy atom. The molecule has 0 saturated heterocycles. The first-order valence-corrected chi connectivity index (χ1v) is 6.47. The smallest absolute Gasteiger partial charge is 0.0596 e. The molecule has 0 fully saturated rings. The van der Waals surface area contributed by atoms with Crippen LogP contribution < -0.4 is 5.73 Å². The Morgan fingerprint density at radius 1 is 1.32 bits per heavy atom. The van der Waals surface area contributed by atoms with Gasteiger partial charge in [0.25, 0.3) is 0 Å². The van der Waals surface area contributed by atoms with Crippen molar-refractivity contribution in [2.24, 2.45) is 12.8 Å². The molecule has 0 aliphatic heterocycles. The van der Waals surface area contributed by atoms with E-state index in [0.29, 0.717) is 13.0 Å². The van der Waals surface area contributed by atoms with E-state index in [2.05, 4.69) is 5.10 Å². The second kappa shape index (κ2) is 5.55. The molecular formula is C15H21N3O. The van der Waals surface area contributed by atoms with Crippen LogP contribution in [0.5, 0.6) is 0 Å². The van der Waals surface area contributed by atoms with E-state index in [9.17, 15) is 5.11 Å². The molecular weight excluding hydrogens is 238 g/mol. The van der Waals surface area contributed by atoms with Crippen molar-refractivity contribution < 1.29 is 5.11 Å². The summed E-state index contributed by atoms with van der Waals surface area (Å²) < 4.78 is 1.86. The van der Waals surface area contributed by atoms with Gasteiger partial charge in [-0.05, 0) is 18.6 Å². The highest BCUT2D eigenvalue weighted by Crippen LogP contribution is 2.27. The van der Waals surface area contributed by atoms with Gasteiger partial charge in [0.05, 0.1) is 12.3 Å². The van der Waals surface area contributed by atoms with Gasteiger partial charge < -0.3 is 10.8 Å². The average molecular weight is 259 g/mol. The number of benzene rings is 1. The fourth-order valence-electron chi connectivity index (χ4n) is 2.47. The average Bonchev–Trinajstić information content (AvgIpc) is 2.75. The minimum atomic E-state index is -0.443. The summed E-state index contributed by atoms with van der Waals surface area (Å²) in [6.45, 7) is 2.39. The molecule has 4 heteroatoms. The summed E-state index contributed by atoms with van der Waals surface area (Å²) in [7, 11) is 1.92. The van der Waals surface area contributed by atoms with E-state index in [1.165, 1.54) is 0 Å². The monoisotopic (exact) mass is 259 g/mol. The van der Waals surface area contributed by atoms with Crippen LogP contribution in [0.25, 0.3) is 0 Å². The zero-order chi connectivity index (χ0) is 13.9. The molecule has 0 bridgehead atoms. The third-order valence-electron chi connectivity index (χ3n) is 3.70. The highest BCUT2D eigenvalue weighted by Gasteiger charge is 2.31. The molecule has 3 N–H and O–H groups in total. The van der Waals surface area contributed by atoms with Gasteiger partial charge in [0, 0.05) is 31.1 Å². The van der Waals surface area contributed by atoms with Crippen LogP contribution in [0, 0.1) is 6.92 Å². The van der Waals surface area contributed by atoms with Crippen molar-refractivity contribution in [1.82, 2.24) is 9.78 Å². The minimum Gasteiger partial charge on any atom is -0.395 e. The number of hydrogen-bond donors (Lipinski definition) is 2. The Morgan fingerprint density at radius 2 is 2.00 bits per heavy atom. The number of rotatable bonds is 5. The van der Waals surface area contributed by atoms with Gasteiger partial charge in [-0.2, -0.15) is 5.10 Å². The number of hydrogen-bond acceptors (Lipinski definition) is 3. The van der Waals surface area contributed by atoms with Gasteiger partial charge in [-0.3, -0.25) is 4.68 Å². The fourth-order valence-corrected chi connectivity index (χ4v) is 2.47. The predicted octanol–water partition coefficient (Wildman–Crippen LogP) is 1.16. The Labute approximate surface area is 113 Å². The van der Waals surface area contributed by atoms with E-state index >= 15 is 0 Å². The summed E-state index contributed by atoms with van der Waals surface area (Å²) in [5.41, 5.74) is 8.66. The van der Waals surface area contributed by atoms with Crippen LogP contribution in [0.15, 0.2) is 36.4 Å². The van der Waals surface area contributed by atoms with Crippen LogP contribution in [0.3, 0.4) is 0 Å². The number of aromatic nitrogens is 2. The molecule has 2 rings (SSSR count). The van der Waals surface area contributed by atoms with E-state index in [0.717, 1.165) is 17.0 Å². The molecule has 102 valence electrons. The molecule has 0 amide bonds. The molecule has 0 aliphatic carbocycles. The van der Waals surface area contributed by atoms with Crippen molar-refractivity contribution in [2.75, 3.05) is 13.2 Å². The topological polar surface area (TPSA) is 64.1 Å². The molecule has 1 unspecified atom stereocenters.